The molecule has 216 valence electrons. The molecule has 0 spiro atoms. The molecule has 0 unspecified atom stereocenters. The second-order valence-corrected chi connectivity index (χ2v) is 12.8. The van der Waals surface area contributed by atoms with Crippen molar-refractivity contribution in [3.05, 3.63) is 176 Å². The fraction of sp³-hybridized carbons (Fsp3) is 0. The van der Waals surface area contributed by atoms with Gasteiger partial charge >= 0.3 is 0 Å². The Morgan fingerprint density at radius 3 is 1.83 bits per heavy atom. The molecule has 0 saturated carbocycles. The first-order chi connectivity index (χ1) is 22.8. The van der Waals surface area contributed by atoms with E-state index in [0.717, 1.165) is 11.4 Å². The van der Waals surface area contributed by atoms with Crippen LogP contribution in [0.4, 0.5) is 17.1 Å². The zero-order chi connectivity index (χ0) is 30.5. The molecule has 1 aromatic heterocycles. The molecule has 0 N–H and O–H groups in total. The number of fused-ring (bicyclic) bond motifs is 6. The third-order valence-electron chi connectivity index (χ3n) is 9.05. The Morgan fingerprint density at radius 2 is 0.978 bits per heavy atom. The van der Waals surface area contributed by atoms with E-state index < -0.39 is 0 Å². The van der Waals surface area contributed by atoms with Gasteiger partial charge in [0.2, 0.25) is 0 Å². The van der Waals surface area contributed by atoms with Crippen molar-refractivity contribution in [1.29, 1.82) is 0 Å². The van der Waals surface area contributed by atoms with Crippen LogP contribution in [0.3, 0.4) is 0 Å². The van der Waals surface area contributed by atoms with Crippen LogP contribution in [0.25, 0.3) is 64.0 Å². The lowest BCUT2D eigenvalue weighted by atomic mass is 9.98. The Kier molecular flexibility index (Phi) is 6.40. The standard InChI is InChI=1S/C44H29NS/c1-2-11-30(12-3-1)34-16-8-17-36(29-34)45(35-26-23-33(24-27-35)38-20-9-15-31-13-4-6-18-37(31)38)42-22-10-21-40-41-28-25-32-14-5-7-19-39(32)43(41)46-44(40)42/h1-29H. The largest absolute Gasteiger partial charge is 0.309 e. The number of anilines is 3. The van der Waals surface area contributed by atoms with Crippen LogP contribution in [0, 0.1) is 0 Å². The van der Waals surface area contributed by atoms with Crippen LogP contribution < -0.4 is 4.90 Å². The summed E-state index contributed by atoms with van der Waals surface area (Å²) in [5.41, 5.74) is 8.32. The highest BCUT2D eigenvalue weighted by Crippen LogP contribution is 2.47. The summed E-state index contributed by atoms with van der Waals surface area (Å²) in [5, 5.41) is 7.72. The summed E-state index contributed by atoms with van der Waals surface area (Å²) in [6.45, 7) is 0. The third-order valence-corrected chi connectivity index (χ3v) is 10.3. The monoisotopic (exact) mass is 603 g/mol. The van der Waals surface area contributed by atoms with Gasteiger partial charge in [0.25, 0.3) is 0 Å². The average molecular weight is 604 g/mol. The Balaban J connectivity index is 1.25. The Morgan fingerprint density at radius 1 is 0.348 bits per heavy atom. The minimum absolute atomic E-state index is 1.13. The van der Waals surface area contributed by atoms with Gasteiger partial charge in [0, 0.05) is 26.8 Å². The molecular weight excluding hydrogens is 575 g/mol. The van der Waals surface area contributed by atoms with Crippen molar-refractivity contribution >= 4 is 70.1 Å². The second kappa shape index (κ2) is 11.0. The van der Waals surface area contributed by atoms with Crippen LogP contribution >= 0.6 is 11.3 Å². The van der Waals surface area contributed by atoms with E-state index in [1.54, 1.807) is 0 Å². The molecule has 8 aromatic carbocycles. The predicted octanol–water partition coefficient (Wildman–Crippen LogP) is 13.2. The van der Waals surface area contributed by atoms with Crippen LogP contribution in [0.1, 0.15) is 0 Å². The SMILES string of the molecule is c1ccc(-c2cccc(N(c3ccc(-c4cccc5ccccc45)cc3)c3cccc4c3sc3c5ccccc5ccc43)c2)cc1. The van der Waals surface area contributed by atoms with E-state index >= 15 is 0 Å². The van der Waals surface area contributed by atoms with Crippen molar-refractivity contribution in [2.24, 2.45) is 0 Å². The molecule has 1 nitrogen and oxygen atoms in total. The molecule has 0 saturated heterocycles. The first-order valence-electron chi connectivity index (χ1n) is 15.7. The van der Waals surface area contributed by atoms with Crippen LogP contribution in [0.5, 0.6) is 0 Å². The summed E-state index contributed by atoms with van der Waals surface area (Å²) in [7, 11) is 0. The van der Waals surface area contributed by atoms with E-state index in [-0.39, 0.29) is 0 Å². The van der Waals surface area contributed by atoms with E-state index in [2.05, 4.69) is 181 Å². The molecule has 0 radical (unpaired) electrons. The quantitative estimate of drug-likeness (QED) is 0.189. The number of thiophene rings is 1. The van der Waals surface area contributed by atoms with Crippen molar-refractivity contribution in [3.63, 3.8) is 0 Å². The maximum Gasteiger partial charge on any atom is 0.0640 e. The zero-order valence-electron chi connectivity index (χ0n) is 25.1. The van der Waals surface area contributed by atoms with Crippen LogP contribution in [0.2, 0.25) is 0 Å². The van der Waals surface area contributed by atoms with E-state index in [0.29, 0.717) is 0 Å². The van der Waals surface area contributed by atoms with E-state index in [1.165, 1.54) is 69.7 Å². The Bertz CT molecular complexity index is 2520. The molecule has 46 heavy (non-hydrogen) atoms. The Labute approximate surface area is 272 Å². The highest BCUT2D eigenvalue weighted by atomic mass is 32.1. The minimum atomic E-state index is 1.13. The molecule has 2 heteroatoms. The van der Waals surface area contributed by atoms with E-state index in [1.807, 2.05) is 11.3 Å². The van der Waals surface area contributed by atoms with Gasteiger partial charge in [-0.05, 0) is 74.1 Å². The van der Waals surface area contributed by atoms with Gasteiger partial charge in [-0.1, -0.05) is 146 Å². The van der Waals surface area contributed by atoms with E-state index in [4.69, 9.17) is 0 Å². The van der Waals surface area contributed by atoms with Crippen LogP contribution in [-0.4, -0.2) is 0 Å². The highest BCUT2D eigenvalue weighted by molar-refractivity contribution is 7.27. The fourth-order valence-electron chi connectivity index (χ4n) is 6.84. The molecule has 9 rings (SSSR count). The molecule has 1 heterocycles. The first kappa shape index (κ1) is 26.7. The van der Waals surface area contributed by atoms with Crippen LogP contribution in [0.15, 0.2) is 176 Å². The van der Waals surface area contributed by atoms with Gasteiger partial charge in [-0.2, -0.15) is 0 Å². The second-order valence-electron chi connectivity index (χ2n) is 11.7. The maximum atomic E-state index is 2.43. The summed E-state index contributed by atoms with van der Waals surface area (Å²) in [5.74, 6) is 0. The van der Waals surface area contributed by atoms with Crippen molar-refractivity contribution < 1.29 is 0 Å². The maximum absolute atomic E-state index is 2.43. The van der Waals surface area contributed by atoms with E-state index in [9.17, 15) is 0 Å². The molecule has 0 aliphatic carbocycles. The van der Waals surface area contributed by atoms with Crippen molar-refractivity contribution in [1.82, 2.24) is 0 Å². The lowest BCUT2D eigenvalue weighted by Gasteiger charge is -2.27. The van der Waals surface area contributed by atoms with Crippen molar-refractivity contribution in [2.75, 3.05) is 4.90 Å². The summed E-state index contributed by atoms with van der Waals surface area (Å²) in [4.78, 5) is 2.43. The molecular formula is C44H29NS. The number of nitrogens with zero attached hydrogens (tertiary/aromatic N) is 1. The van der Waals surface area contributed by atoms with Crippen molar-refractivity contribution in [3.8, 4) is 22.3 Å². The van der Waals surface area contributed by atoms with Gasteiger partial charge < -0.3 is 4.90 Å². The normalized spacial score (nSPS) is 11.5. The molecule has 0 atom stereocenters. The topological polar surface area (TPSA) is 3.24 Å². The molecule has 0 aliphatic rings. The average Bonchev–Trinajstić information content (AvgIpc) is 3.53. The van der Waals surface area contributed by atoms with Crippen LogP contribution in [-0.2, 0) is 0 Å². The molecule has 9 aromatic rings. The number of hydrogen-bond acceptors (Lipinski definition) is 2. The summed E-state index contributed by atoms with van der Waals surface area (Å²) < 4.78 is 2.63. The van der Waals surface area contributed by atoms with Gasteiger partial charge in [-0.3, -0.25) is 0 Å². The summed E-state index contributed by atoms with van der Waals surface area (Å²) in [6.07, 6.45) is 0. The smallest absolute Gasteiger partial charge is 0.0640 e. The van der Waals surface area contributed by atoms with Gasteiger partial charge in [0.15, 0.2) is 0 Å². The summed E-state index contributed by atoms with van der Waals surface area (Å²) >= 11 is 1.90. The zero-order valence-corrected chi connectivity index (χ0v) is 25.9. The van der Waals surface area contributed by atoms with Gasteiger partial charge in [0.1, 0.15) is 0 Å². The third kappa shape index (κ3) is 4.46. The summed E-state index contributed by atoms with van der Waals surface area (Å²) in [6, 6.07) is 63.8. The minimum Gasteiger partial charge on any atom is -0.309 e. The highest BCUT2D eigenvalue weighted by Gasteiger charge is 2.19. The number of benzene rings is 8. The molecule has 0 bridgehead atoms. The van der Waals surface area contributed by atoms with Gasteiger partial charge in [-0.15, -0.1) is 11.3 Å². The number of rotatable bonds is 5. The Hall–Kier alpha value is -5.70. The molecule has 0 amide bonds. The fourth-order valence-corrected chi connectivity index (χ4v) is 8.18. The predicted molar refractivity (Wildman–Crippen MR) is 200 cm³/mol. The lowest BCUT2D eigenvalue weighted by molar-refractivity contribution is 1.30. The van der Waals surface area contributed by atoms with Gasteiger partial charge in [-0.25, -0.2) is 0 Å². The first-order valence-corrected chi connectivity index (χ1v) is 16.5. The van der Waals surface area contributed by atoms with Gasteiger partial charge in [0.05, 0.1) is 10.4 Å². The molecule has 0 fully saturated rings. The lowest BCUT2D eigenvalue weighted by Crippen LogP contribution is -2.10. The molecule has 0 aliphatic heterocycles. The number of hydrogen-bond donors (Lipinski definition) is 0. The van der Waals surface area contributed by atoms with Crippen molar-refractivity contribution in [2.45, 2.75) is 0 Å².